The van der Waals surface area contributed by atoms with Crippen LogP contribution in [0.2, 0.25) is 0 Å². The quantitative estimate of drug-likeness (QED) is 0.663. The molecule has 0 aromatic heterocycles. The van der Waals surface area contributed by atoms with E-state index in [2.05, 4.69) is 10.6 Å². The van der Waals surface area contributed by atoms with Gasteiger partial charge in [0.05, 0.1) is 13.1 Å². The molecule has 0 aromatic carbocycles. The molecule has 0 spiro atoms. The van der Waals surface area contributed by atoms with Gasteiger partial charge in [0, 0.05) is 6.54 Å². The number of halogens is 1. The monoisotopic (exact) mass is 289 g/mol. The lowest BCUT2D eigenvalue weighted by atomic mass is 9.86. The van der Waals surface area contributed by atoms with Gasteiger partial charge in [0.2, 0.25) is 11.8 Å². The van der Waals surface area contributed by atoms with Crippen LogP contribution < -0.4 is 16.4 Å². The predicted molar refractivity (Wildman–Crippen MR) is 75.9 cm³/mol. The number of hydrogen-bond acceptors (Lipinski definition) is 3. The second-order valence-corrected chi connectivity index (χ2v) is 5.55. The van der Waals surface area contributed by atoms with E-state index in [0.29, 0.717) is 0 Å². The van der Waals surface area contributed by atoms with Gasteiger partial charge in [0.1, 0.15) is 0 Å². The number of hydrogen-bond donors (Lipinski definition) is 3. The average Bonchev–Trinajstić information content (AvgIpc) is 2.98. The van der Waals surface area contributed by atoms with E-state index in [1.807, 2.05) is 0 Å². The first-order chi connectivity index (χ1) is 8.69. The van der Waals surface area contributed by atoms with Gasteiger partial charge in [0.25, 0.3) is 0 Å². The van der Waals surface area contributed by atoms with E-state index in [0.717, 1.165) is 30.7 Å². The van der Waals surface area contributed by atoms with Crippen LogP contribution in [0.4, 0.5) is 0 Å². The SMILES string of the molecule is Cl.NCC(=O)NCC(=O)NCCC1CC2CCC1C2. The zero-order chi connectivity index (χ0) is 13.0. The molecule has 3 unspecified atom stereocenters. The van der Waals surface area contributed by atoms with Crippen LogP contribution in [0.3, 0.4) is 0 Å². The average molecular weight is 290 g/mol. The summed E-state index contributed by atoms with van der Waals surface area (Å²) in [6.07, 6.45) is 6.64. The van der Waals surface area contributed by atoms with E-state index in [9.17, 15) is 9.59 Å². The van der Waals surface area contributed by atoms with E-state index in [-0.39, 0.29) is 37.3 Å². The molecule has 5 nitrogen and oxygen atoms in total. The van der Waals surface area contributed by atoms with Crippen molar-refractivity contribution in [3.05, 3.63) is 0 Å². The second kappa shape index (κ2) is 7.70. The number of rotatable bonds is 6. The summed E-state index contributed by atoms with van der Waals surface area (Å²) in [5.41, 5.74) is 5.13. The summed E-state index contributed by atoms with van der Waals surface area (Å²) in [6, 6.07) is 0. The molecule has 0 heterocycles. The van der Waals surface area contributed by atoms with E-state index >= 15 is 0 Å². The van der Waals surface area contributed by atoms with Crippen LogP contribution in [0, 0.1) is 17.8 Å². The highest BCUT2D eigenvalue weighted by atomic mass is 35.5. The molecule has 2 saturated carbocycles. The highest BCUT2D eigenvalue weighted by Crippen LogP contribution is 2.49. The normalized spacial score (nSPS) is 27.7. The molecule has 4 N–H and O–H groups in total. The van der Waals surface area contributed by atoms with E-state index in [1.54, 1.807) is 0 Å². The first-order valence-electron chi connectivity index (χ1n) is 6.92. The van der Waals surface area contributed by atoms with E-state index in [4.69, 9.17) is 5.73 Å². The van der Waals surface area contributed by atoms with Crippen molar-refractivity contribution in [1.29, 1.82) is 0 Å². The number of carbonyl (C=O) groups excluding carboxylic acids is 2. The third-order valence-electron chi connectivity index (χ3n) is 4.35. The van der Waals surface area contributed by atoms with Gasteiger partial charge in [-0.25, -0.2) is 0 Å². The minimum absolute atomic E-state index is 0. The minimum atomic E-state index is -0.293. The molecule has 110 valence electrons. The third-order valence-corrected chi connectivity index (χ3v) is 4.35. The molecule has 6 heteroatoms. The Morgan fingerprint density at radius 1 is 1.11 bits per heavy atom. The Morgan fingerprint density at radius 2 is 1.89 bits per heavy atom. The number of nitrogens with two attached hydrogens (primary N) is 1. The highest BCUT2D eigenvalue weighted by molar-refractivity contribution is 5.85. The largest absolute Gasteiger partial charge is 0.355 e. The standard InChI is InChI=1S/C13H23N3O2.ClH/c14-7-12(17)16-8-13(18)15-4-3-11-6-9-1-2-10(11)5-9;/h9-11H,1-8,14H2,(H,15,18)(H,16,17);1H. The molecular formula is C13H24ClN3O2. The van der Waals surface area contributed by atoms with Crippen molar-refractivity contribution in [2.75, 3.05) is 19.6 Å². The Balaban J connectivity index is 0.00000180. The van der Waals surface area contributed by atoms with Crippen molar-refractivity contribution in [1.82, 2.24) is 10.6 Å². The van der Waals surface area contributed by atoms with Gasteiger partial charge in [-0.2, -0.15) is 0 Å². The van der Waals surface area contributed by atoms with Crippen molar-refractivity contribution < 1.29 is 9.59 Å². The van der Waals surface area contributed by atoms with Crippen molar-refractivity contribution in [2.24, 2.45) is 23.5 Å². The van der Waals surface area contributed by atoms with E-state index in [1.165, 1.54) is 25.7 Å². The lowest BCUT2D eigenvalue weighted by Crippen LogP contribution is -2.40. The number of fused-ring (bicyclic) bond motifs is 2. The van der Waals surface area contributed by atoms with Crippen LogP contribution in [-0.4, -0.2) is 31.4 Å². The number of carbonyl (C=O) groups is 2. The van der Waals surface area contributed by atoms with Crippen LogP contribution in [0.15, 0.2) is 0 Å². The first kappa shape index (κ1) is 16.2. The van der Waals surface area contributed by atoms with Crippen molar-refractivity contribution in [2.45, 2.75) is 32.1 Å². The fourth-order valence-corrected chi connectivity index (χ4v) is 3.44. The maximum absolute atomic E-state index is 11.4. The summed E-state index contributed by atoms with van der Waals surface area (Å²) >= 11 is 0. The zero-order valence-corrected chi connectivity index (χ0v) is 12.0. The Hall–Kier alpha value is -0.810. The third kappa shape index (κ3) is 4.66. The molecule has 2 amide bonds. The Labute approximate surface area is 120 Å². The molecule has 0 saturated heterocycles. The summed E-state index contributed by atoms with van der Waals surface area (Å²) in [5.74, 6) is 2.25. The number of nitrogens with one attached hydrogen (secondary N) is 2. The first-order valence-corrected chi connectivity index (χ1v) is 6.92. The summed E-state index contributed by atoms with van der Waals surface area (Å²) in [4.78, 5) is 22.3. The highest BCUT2D eigenvalue weighted by Gasteiger charge is 2.38. The summed E-state index contributed by atoms with van der Waals surface area (Å²) in [5, 5.41) is 5.32. The van der Waals surface area contributed by atoms with Gasteiger partial charge in [-0.05, 0) is 43.4 Å². The van der Waals surface area contributed by atoms with Gasteiger partial charge in [-0.3, -0.25) is 9.59 Å². The van der Waals surface area contributed by atoms with Crippen LogP contribution >= 0.6 is 12.4 Å². The van der Waals surface area contributed by atoms with Gasteiger partial charge in [-0.1, -0.05) is 6.42 Å². The molecule has 0 aromatic rings. The molecule has 2 bridgehead atoms. The molecule has 19 heavy (non-hydrogen) atoms. The maximum Gasteiger partial charge on any atom is 0.239 e. The van der Waals surface area contributed by atoms with Gasteiger partial charge in [0.15, 0.2) is 0 Å². The molecule has 2 aliphatic rings. The fraction of sp³-hybridized carbons (Fsp3) is 0.846. The Morgan fingerprint density at radius 3 is 2.47 bits per heavy atom. The maximum atomic E-state index is 11.4. The lowest BCUT2D eigenvalue weighted by Gasteiger charge is -2.21. The Bertz CT molecular complexity index is 325. The molecular weight excluding hydrogens is 266 g/mol. The van der Waals surface area contributed by atoms with Gasteiger partial charge in [-0.15, -0.1) is 12.4 Å². The molecule has 2 rings (SSSR count). The molecule has 3 atom stereocenters. The van der Waals surface area contributed by atoms with Crippen LogP contribution in [-0.2, 0) is 9.59 Å². The Kier molecular flexibility index (Phi) is 6.58. The molecule has 0 radical (unpaired) electrons. The summed E-state index contributed by atoms with van der Waals surface area (Å²) < 4.78 is 0. The lowest BCUT2D eigenvalue weighted by molar-refractivity contribution is -0.125. The van der Waals surface area contributed by atoms with Crippen LogP contribution in [0.5, 0.6) is 0 Å². The van der Waals surface area contributed by atoms with Crippen molar-refractivity contribution >= 4 is 24.2 Å². The molecule has 0 aliphatic heterocycles. The predicted octanol–water partition coefficient (Wildman–Crippen LogP) is 0.426. The zero-order valence-electron chi connectivity index (χ0n) is 11.2. The summed E-state index contributed by atoms with van der Waals surface area (Å²) in [7, 11) is 0. The summed E-state index contributed by atoms with van der Waals surface area (Å²) in [6.45, 7) is 0.691. The smallest absolute Gasteiger partial charge is 0.239 e. The minimum Gasteiger partial charge on any atom is -0.355 e. The van der Waals surface area contributed by atoms with Gasteiger partial charge < -0.3 is 16.4 Å². The molecule has 2 aliphatic carbocycles. The second-order valence-electron chi connectivity index (χ2n) is 5.55. The number of amides is 2. The van der Waals surface area contributed by atoms with Crippen molar-refractivity contribution in [3.8, 4) is 0 Å². The van der Waals surface area contributed by atoms with Crippen LogP contribution in [0.25, 0.3) is 0 Å². The van der Waals surface area contributed by atoms with Gasteiger partial charge >= 0.3 is 0 Å². The molecule has 2 fully saturated rings. The van der Waals surface area contributed by atoms with Crippen LogP contribution in [0.1, 0.15) is 32.1 Å². The van der Waals surface area contributed by atoms with Crippen molar-refractivity contribution in [3.63, 3.8) is 0 Å². The fourth-order valence-electron chi connectivity index (χ4n) is 3.44. The topological polar surface area (TPSA) is 84.2 Å². The van der Waals surface area contributed by atoms with E-state index < -0.39 is 0 Å².